The van der Waals surface area contributed by atoms with Crippen LogP contribution in [0.25, 0.3) is 6.08 Å². The lowest BCUT2D eigenvalue weighted by Gasteiger charge is -2.43. The summed E-state index contributed by atoms with van der Waals surface area (Å²) in [5.74, 6) is -2.10. The number of esters is 1. The second-order valence-electron chi connectivity index (χ2n) is 11.6. The molecule has 5 rings (SSSR count). The number of fused-ring (bicyclic) bond motifs is 1. The maximum atomic E-state index is 12.8. The van der Waals surface area contributed by atoms with Gasteiger partial charge in [0.1, 0.15) is 36.6 Å². The molecule has 0 bridgehead atoms. The molecule has 2 saturated heterocycles. The Kier molecular flexibility index (Phi) is 11.2. The Morgan fingerprint density at radius 2 is 1.70 bits per heavy atom. The third-order valence-corrected chi connectivity index (χ3v) is 8.65. The largest absolute Gasteiger partial charge is 0.504 e. The molecule has 0 aromatic heterocycles. The van der Waals surface area contributed by atoms with Crippen LogP contribution in [0.2, 0.25) is 0 Å². The monoisotopic (exact) mass is 668 g/mol. The molecule has 260 valence electrons. The number of phenols is 1. The molecule has 4 aliphatic rings. The molecular weight excluding hydrogens is 628 g/mol. The highest BCUT2D eigenvalue weighted by atomic mass is 16.8. The van der Waals surface area contributed by atoms with Crippen LogP contribution in [0.1, 0.15) is 12.5 Å². The van der Waals surface area contributed by atoms with E-state index in [1.807, 2.05) is 0 Å². The van der Waals surface area contributed by atoms with E-state index in [2.05, 4.69) is 0 Å². The summed E-state index contributed by atoms with van der Waals surface area (Å²) in [5.41, 5.74) is 0.857. The molecule has 3 aliphatic heterocycles. The number of benzene rings is 1. The van der Waals surface area contributed by atoms with Gasteiger partial charge in [-0.3, -0.25) is 0 Å². The molecule has 1 aromatic carbocycles. The zero-order valence-electron chi connectivity index (χ0n) is 25.5. The van der Waals surface area contributed by atoms with E-state index in [4.69, 9.17) is 33.2 Å². The Bertz CT molecular complexity index is 1330. The quantitative estimate of drug-likeness (QED) is 0.0766. The van der Waals surface area contributed by atoms with Crippen molar-refractivity contribution in [3.63, 3.8) is 0 Å². The minimum Gasteiger partial charge on any atom is -0.504 e. The summed E-state index contributed by atoms with van der Waals surface area (Å²) in [6, 6.07) is 4.47. The normalized spacial score (nSPS) is 40.1. The summed E-state index contributed by atoms with van der Waals surface area (Å²) >= 11 is 0. The van der Waals surface area contributed by atoms with E-state index in [1.54, 1.807) is 18.2 Å². The van der Waals surface area contributed by atoms with Crippen LogP contribution in [0.3, 0.4) is 0 Å². The van der Waals surface area contributed by atoms with Gasteiger partial charge in [0.15, 0.2) is 30.2 Å². The predicted molar refractivity (Wildman–Crippen MR) is 156 cm³/mol. The van der Waals surface area contributed by atoms with E-state index < -0.39 is 105 Å². The van der Waals surface area contributed by atoms with Gasteiger partial charge in [-0.15, -0.1) is 0 Å². The SMILES string of the molecule is COc1ccc(C=CC(=O)O[C@H]2[C@H](O[C@@H]3C=C(CO)[C@H]4[C@H](O[C@@H]5O[C@H](CO)[C@@H](O)[C@H](O)[C@H]5O)OC=C[C@H]43)O[C@@H](C)[C@H](O)[C@H]2O)cc1O. The van der Waals surface area contributed by atoms with E-state index in [0.717, 1.165) is 6.08 Å². The molecule has 0 saturated carbocycles. The highest BCUT2D eigenvalue weighted by Crippen LogP contribution is 2.43. The number of carbonyl (C=O) groups excluding carboxylic acids is 1. The molecule has 8 N–H and O–H groups in total. The number of phenolic OH excluding ortho intramolecular Hbond substituents is 1. The van der Waals surface area contributed by atoms with Crippen molar-refractivity contribution in [3.05, 3.63) is 53.8 Å². The van der Waals surface area contributed by atoms with Gasteiger partial charge in [0.2, 0.25) is 6.29 Å². The van der Waals surface area contributed by atoms with Crippen molar-refractivity contribution in [2.75, 3.05) is 20.3 Å². The summed E-state index contributed by atoms with van der Waals surface area (Å²) in [6.07, 6.45) is -9.61. The lowest BCUT2D eigenvalue weighted by Crippen LogP contribution is -2.60. The second-order valence-corrected chi connectivity index (χ2v) is 11.6. The highest BCUT2D eigenvalue weighted by molar-refractivity contribution is 5.87. The summed E-state index contributed by atoms with van der Waals surface area (Å²) in [4.78, 5) is 12.8. The molecule has 1 aliphatic carbocycles. The molecule has 0 spiro atoms. The summed E-state index contributed by atoms with van der Waals surface area (Å²) < 4.78 is 39.5. The van der Waals surface area contributed by atoms with Crippen LogP contribution in [0.5, 0.6) is 11.5 Å². The molecule has 0 radical (unpaired) electrons. The number of carbonyl (C=O) groups is 1. The van der Waals surface area contributed by atoms with Crippen molar-refractivity contribution in [2.24, 2.45) is 11.8 Å². The highest BCUT2D eigenvalue weighted by Gasteiger charge is 2.52. The number of aliphatic hydroxyl groups is 7. The van der Waals surface area contributed by atoms with Crippen LogP contribution < -0.4 is 4.74 Å². The van der Waals surface area contributed by atoms with Gasteiger partial charge in [0, 0.05) is 12.0 Å². The lowest BCUT2D eigenvalue weighted by atomic mass is 9.88. The Balaban J connectivity index is 1.30. The Morgan fingerprint density at radius 1 is 0.936 bits per heavy atom. The van der Waals surface area contributed by atoms with Gasteiger partial charge in [-0.2, -0.15) is 0 Å². The number of aromatic hydroxyl groups is 1. The van der Waals surface area contributed by atoms with Gasteiger partial charge in [-0.05, 0) is 42.3 Å². The third kappa shape index (κ3) is 7.33. The van der Waals surface area contributed by atoms with E-state index in [9.17, 15) is 45.6 Å². The second kappa shape index (κ2) is 15.0. The van der Waals surface area contributed by atoms with Gasteiger partial charge >= 0.3 is 5.97 Å². The third-order valence-electron chi connectivity index (χ3n) is 8.65. The smallest absolute Gasteiger partial charge is 0.331 e. The lowest BCUT2D eigenvalue weighted by molar-refractivity contribution is -0.341. The fraction of sp³-hybridized carbons (Fsp3) is 0.581. The number of aliphatic hydroxyl groups excluding tert-OH is 7. The molecule has 16 heteroatoms. The first-order valence-corrected chi connectivity index (χ1v) is 15.0. The van der Waals surface area contributed by atoms with Gasteiger partial charge in [-0.25, -0.2) is 4.79 Å². The first-order valence-electron chi connectivity index (χ1n) is 15.0. The van der Waals surface area contributed by atoms with Crippen LogP contribution >= 0.6 is 0 Å². The average Bonchev–Trinajstić information content (AvgIpc) is 3.43. The molecule has 16 nitrogen and oxygen atoms in total. The number of hydrogen-bond donors (Lipinski definition) is 8. The van der Waals surface area contributed by atoms with Crippen molar-refractivity contribution >= 4 is 12.0 Å². The van der Waals surface area contributed by atoms with Crippen molar-refractivity contribution in [1.29, 1.82) is 0 Å². The van der Waals surface area contributed by atoms with Crippen molar-refractivity contribution in [3.8, 4) is 11.5 Å². The Hall–Kier alpha value is -3.13. The molecule has 14 atom stereocenters. The number of ether oxygens (including phenoxy) is 7. The minimum absolute atomic E-state index is 0.141. The molecule has 2 fully saturated rings. The average molecular weight is 669 g/mol. The fourth-order valence-corrected chi connectivity index (χ4v) is 6.03. The Morgan fingerprint density at radius 3 is 2.38 bits per heavy atom. The zero-order chi connectivity index (χ0) is 34.0. The summed E-state index contributed by atoms with van der Waals surface area (Å²) in [7, 11) is 1.40. The van der Waals surface area contributed by atoms with E-state index in [0.29, 0.717) is 11.1 Å². The molecule has 0 unspecified atom stereocenters. The Labute approximate surface area is 269 Å². The number of rotatable bonds is 10. The van der Waals surface area contributed by atoms with E-state index in [-0.39, 0.29) is 11.5 Å². The minimum atomic E-state index is -1.69. The summed E-state index contributed by atoms with van der Waals surface area (Å²) in [5, 5.41) is 81.8. The topological polar surface area (TPSA) is 244 Å². The van der Waals surface area contributed by atoms with Crippen molar-refractivity contribution < 1.29 is 78.8 Å². The van der Waals surface area contributed by atoms with Crippen molar-refractivity contribution in [2.45, 2.75) is 80.7 Å². The number of methoxy groups -OCH3 is 1. The van der Waals surface area contributed by atoms with E-state index in [1.165, 1.54) is 38.5 Å². The van der Waals surface area contributed by atoms with Crippen LogP contribution in [0.4, 0.5) is 0 Å². The molecule has 1 aromatic rings. The van der Waals surface area contributed by atoms with Crippen molar-refractivity contribution in [1.82, 2.24) is 0 Å². The van der Waals surface area contributed by atoms with Gasteiger partial charge in [-0.1, -0.05) is 12.1 Å². The van der Waals surface area contributed by atoms with Crippen LogP contribution in [0.15, 0.2) is 48.3 Å². The maximum absolute atomic E-state index is 12.8. The van der Waals surface area contributed by atoms with Gasteiger partial charge in [0.25, 0.3) is 0 Å². The fourth-order valence-electron chi connectivity index (χ4n) is 6.03. The molecular formula is C31H40O16. The first kappa shape index (κ1) is 35.2. The van der Waals surface area contributed by atoms with Crippen LogP contribution in [0, 0.1) is 11.8 Å². The molecule has 47 heavy (non-hydrogen) atoms. The number of hydrogen-bond acceptors (Lipinski definition) is 16. The standard InChI is InChI=1S/C31H40O16/c1-13-23(36)26(39)28(46-21(35)6-4-14-3-5-18(41-2)17(34)9-14)31(43-13)44-19-10-15(11-32)22-16(19)7-8-42-29(22)47-30-27(40)25(38)24(37)20(12-33)45-30/h3-10,13,16,19-20,22-34,36-40H,11-12H2,1-2H3/t13-,16-,19+,20+,22+,23-,24+,25-,26+,27+,28+,29-,30-,31-/m0/s1. The molecule has 3 heterocycles. The van der Waals surface area contributed by atoms with Gasteiger partial charge in [0.05, 0.1) is 44.7 Å². The predicted octanol–water partition coefficient (Wildman–Crippen LogP) is -1.97. The first-order chi connectivity index (χ1) is 22.5. The van der Waals surface area contributed by atoms with E-state index >= 15 is 0 Å². The maximum Gasteiger partial charge on any atom is 0.331 e. The van der Waals surface area contributed by atoms with Crippen LogP contribution in [-0.4, -0.2) is 141 Å². The zero-order valence-corrected chi connectivity index (χ0v) is 25.5. The summed E-state index contributed by atoms with van der Waals surface area (Å²) in [6.45, 7) is 0.386. The molecule has 0 amide bonds. The van der Waals surface area contributed by atoms with Crippen LogP contribution in [-0.2, 0) is 33.2 Å². The van der Waals surface area contributed by atoms with Gasteiger partial charge < -0.3 is 74.0 Å².